The van der Waals surface area contributed by atoms with E-state index in [0.717, 1.165) is 9.60 Å². The van der Waals surface area contributed by atoms with Crippen LogP contribution in [-0.4, -0.2) is 23.7 Å². The van der Waals surface area contributed by atoms with Crippen molar-refractivity contribution in [3.05, 3.63) is 76.8 Å². The zero-order chi connectivity index (χ0) is 23.4. The van der Waals surface area contributed by atoms with Gasteiger partial charge >= 0.3 is 12.1 Å². The lowest BCUT2D eigenvalue weighted by molar-refractivity contribution is 0.246. The summed E-state index contributed by atoms with van der Waals surface area (Å²) < 4.78 is 6.36. The molecular weight excluding hydrogens is 483 g/mol. The number of anilines is 3. The number of carbonyl (C=O) groups is 2. The smallest absolute Gasteiger partial charge is 0.336 e. The lowest BCUT2D eigenvalue weighted by Crippen LogP contribution is -2.42. The Bertz CT molecular complexity index is 1330. The molecule has 0 radical (unpaired) electrons. The molecule has 10 heteroatoms. The molecule has 0 atom stereocenters. The largest absolute Gasteiger partial charge is 0.494 e. The SMILES string of the molecule is CCOc1ccc2nc(NC(=O)N(C(=O)Nc3cccc(Cl)c3)c3cccc(Cl)c3)sc2c1. The average Bonchev–Trinajstić information content (AvgIpc) is 3.15. The first-order valence-electron chi connectivity index (χ1n) is 9.89. The molecule has 0 spiro atoms. The van der Waals surface area contributed by atoms with Crippen LogP contribution in [0.1, 0.15) is 6.92 Å². The van der Waals surface area contributed by atoms with E-state index < -0.39 is 12.1 Å². The normalized spacial score (nSPS) is 10.6. The number of imide groups is 1. The fourth-order valence-corrected chi connectivity index (χ4v) is 4.31. The Kier molecular flexibility index (Phi) is 6.98. The number of hydrogen-bond acceptors (Lipinski definition) is 5. The third-order valence-corrected chi connectivity index (χ3v) is 5.84. The molecule has 0 aliphatic heterocycles. The monoisotopic (exact) mass is 500 g/mol. The quantitative estimate of drug-likeness (QED) is 0.301. The molecule has 0 saturated heterocycles. The van der Waals surface area contributed by atoms with Crippen LogP contribution in [0, 0.1) is 0 Å². The molecule has 0 aliphatic carbocycles. The predicted molar refractivity (Wildman–Crippen MR) is 134 cm³/mol. The summed E-state index contributed by atoms with van der Waals surface area (Å²) in [6.07, 6.45) is 0. The summed E-state index contributed by atoms with van der Waals surface area (Å²) >= 11 is 13.4. The van der Waals surface area contributed by atoms with Crippen LogP contribution in [-0.2, 0) is 0 Å². The third kappa shape index (κ3) is 5.54. The molecule has 0 fully saturated rings. The molecule has 33 heavy (non-hydrogen) atoms. The van der Waals surface area contributed by atoms with Gasteiger partial charge < -0.3 is 10.1 Å². The maximum Gasteiger partial charge on any atom is 0.336 e. The summed E-state index contributed by atoms with van der Waals surface area (Å²) in [5.74, 6) is 0.716. The molecular formula is C23H18Cl2N4O3S. The van der Waals surface area contributed by atoms with E-state index in [0.29, 0.717) is 44.4 Å². The Morgan fingerprint density at radius 3 is 2.42 bits per heavy atom. The van der Waals surface area contributed by atoms with Crippen molar-refractivity contribution in [2.75, 3.05) is 22.1 Å². The number of carbonyl (C=O) groups excluding carboxylic acids is 2. The molecule has 1 aromatic heterocycles. The van der Waals surface area contributed by atoms with E-state index in [2.05, 4.69) is 15.6 Å². The van der Waals surface area contributed by atoms with Crippen molar-refractivity contribution in [3.8, 4) is 5.75 Å². The summed E-state index contributed by atoms with van der Waals surface area (Å²) in [6.45, 7) is 2.45. The van der Waals surface area contributed by atoms with Gasteiger partial charge in [-0.1, -0.05) is 46.7 Å². The van der Waals surface area contributed by atoms with E-state index >= 15 is 0 Å². The number of amides is 4. The molecule has 0 saturated carbocycles. The van der Waals surface area contributed by atoms with Crippen molar-refractivity contribution < 1.29 is 14.3 Å². The first-order valence-corrected chi connectivity index (χ1v) is 11.5. The van der Waals surface area contributed by atoms with Crippen molar-refractivity contribution in [2.24, 2.45) is 0 Å². The third-order valence-electron chi connectivity index (χ3n) is 4.43. The molecule has 4 amide bonds. The van der Waals surface area contributed by atoms with E-state index in [4.69, 9.17) is 27.9 Å². The van der Waals surface area contributed by atoms with Gasteiger partial charge in [0.15, 0.2) is 5.13 Å². The van der Waals surface area contributed by atoms with Crippen LogP contribution < -0.4 is 20.3 Å². The second-order valence-corrected chi connectivity index (χ2v) is 8.67. The minimum Gasteiger partial charge on any atom is -0.494 e. The molecule has 0 aliphatic rings. The minimum absolute atomic E-state index is 0.291. The van der Waals surface area contributed by atoms with Gasteiger partial charge in [0.2, 0.25) is 0 Å². The van der Waals surface area contributed by atoms with Crippen molar-refractivity contribution in [1.29, 1.82) is 0 Å². The molecule has 0 bridgehead atoms. The Labute approximate surface area is 203 Å². The van der Waals surface area contributed by atoms with Gasteiger partial charge in [-0.2, -0.15) is 0 Å². The minimum atomic E-state index is -0.694. The Morgan fingerprint density at radius 2 is 1.70 bits per heavy atom. The maximum atomic E-state index is 13.2. The number of thiazole rings is 1. The summed E-state index contributed by atoms with van der Waals surface area (Å²) in [5.41, 5.74) is 1.44. The number of benzene rings is 3. The van der Waals surface area contributed by atoms with Crippen LogP contribution in [0.5, 0.6) is 5.75 Å². The van der Waals surface area contributed by atoms with Crippen LogP contribution in [0.3, 0.4) is 0 Å². The summed E-state index contributed by atoms with van der Waals surface area (Å²) in [6, 6.07) is 17.2. The number of rotatable bonds is 5. The van der Waals surface area contributed by atoms with Gasteiger partial charge in [0.1, 0.15) is 5.75 Å². The molecule has 7 nitrogen and oxygen atoms in total. The highest BCUT2D eigenvalue weighted by Gasteiger charge is 2.25. The van der Waals surface area contributed by atoms with E-state index in [9.17, 15) is 9.59 Å². The van der Waals surface area contributed by atoms with E-state index in [1.807, 2.05) is 25.1 Å². The van der Waals surface area contributed by atoms with Gasteiger partial charge in [-0.3, -0.25) is 5.32 Å². The number of hydrogen-bond donors (Lipinski definition) is 2. The predicted octanol–water partition coefficient (Wildman–Crippen LogP) is 7.27. The Balaban J connectivity index is 1.61. The highest BCUT2D eigenvalue weighted by atomic mass is 35.5. The van der Waals surface area contributed by atoms with E-state index in [1.165, 1.54) is 17.4 Å². The van der Waals surface area contributed by atoms with E-state index in [1.54, 1.807) is 42.5 Å². The van der Waals surface area contributed by atoms with Gasteiger partial charge in [0.05, 0.1) is 22.5 Å². The highest BCUT2D eigenvalue weighted by Crippen LogP contribution is 2.30. The zero-order valence-electron chi connectivity index (χ0n) is 17.3. The lowest BCUT2D eigenvalue weighted by atomic mass is 10.3. The second kappa shape index (κ2) is 10.1. The van der Waals surface area contributed by atoms with Crippen LogP contribution >= 0.6 is 34.5 Å². The summed E-state index contributed by atoms with van der Waals surface area (Å²) in [4.78, 5) is 31.7. The van der Waals surface area contributed by atoms with Gasteiger partial charge in [-0.05, 0) is 61.5 Å². The number of ether oxygens (including phenoxy) is 1. The maximum absolute atomic E-state index is 13.2. The number of nitrogens with zero attached hydrogens (tertiary/aromatic N) is 2. The summed E-state index contributed by atoms with van der Waals surface area (Å²) in [5, 5.41) is 6.55. The van der Waals surface area contributed by atoms with E-state index in [-0.39, 0.29) is 0 Å². The lowest BCUT2D eigenvalue weighted by Gasteiger charge is -2.21. The van der Waals surface area contributed by atoms with Gasteiger partial charge in [0.25, 0.3) is 0 Å². The van der Waals surface area contributed by atoms with Gasteiger partial charge in [-0.25, -0.2) is 19.5 Å². The first-order chi connectivity index (χ1) is 15.9. The average molecular weight is 501 g/mol. The molecule has 4 rings (SSSR count). The van der Waals surface area contributed by atoms with Crippen molar-refractivity contribution in [3.63, 3.8) is 0 Å². The van der Waals surface area contributed by atoms with Gasteiger partial charge in [0, 0.05) is 15.7 Å². The fraction of sp³-hybridized carbons (Fsp3) is 0.0870. The van der Waals surface area contributed by atoms with Crippen LogP contribution in [0.2, 0.25) is 10.0 Å². The van der Waals surface area contributed by atoms with Crippen molar-refractivity contribution in [2.45, 2.75) is 6.92 Å². The van der Waals surface area contributed by atoms with Crippen LogP contribution in [0.15, 0.2) is 66.7 Å². The molecule has 2 N–H and O–H groups in total. The number of fused-ring (bicyclic) bond motifs is 1. The topological polar surface area (TPSA) is 83.6 Å². The van der Waals surface area contributed by atoms with Crippen molar-refractivity contribution >= 4 is 73.3 Å². The molecule has 0 unspecified atom stereocenters. The summed E-state index contributed by atoms with van der Waals surface area (Å²) in [7, 11) is 0. The standard InChI is InChI=1S/C23H18Cl2N4O3S/c1-2-32-18-9-10-19-20(13-18)33-21(27-19)28-23(31)29(17-8-4-6-15(25)12-17)22(30)26-16-7-3-5-14(24)11-16/h3-13H,2H2,1H3,(H,26,30)(H,27,28,31). The van der Waals surface area contributed by atoms with Gasteiger partial charge in [-0.15, -0.1) is 0 Å². The zero-order valence-corrected chi connectivity index (χ0v) is 19.7. The molecule has 3 aromatic carbocycles. The first kappa shape index (κ1) is 22.8. The fourth-order valence-electron chi connectivity index (χ4n) is 3.05. The van der Waals surface area contributed by atoms with Crippen molar-refractivity contribution in [1.82, 2.24) is 4.98 Å². The number of urea groups is 2. The van der Waals surface area contributed by atoms with Crippen LogP contribution in [0.25, 0.3) is 10.2 Å². The number of aromatic nitrogens is 1. The highest BCUT2D eigenvalue weighted by molar-refractivity contribution is 7.22. The number of nitrogens with one attached hydrogen (secondary N) is 2. The second-order valence-electron chi connectivity index (χ2n) is 6.77. The van der Waals surface area contributed by atoms with Crippen LogP contribution in [0.4, 0.5) is 26.1 Å². The molecule has 4 aromatic rings. The number of halogens is 2. The Hall–Kier alpha value is -3.33. The molecule has 1 heterocycles. The molecule has 168 valence electrons. The Morgan fingerprint density at radius 1 is 0.970 bits per heavy atom.